The predicted octanol–water partition coefficient (Wildman–Crippen LogP) is 2.41. The van der Waals surface area contributed by atoms with Crippen molar-refractivity contribution >= 4 is 35.1 Å². The number of aliphatic carboxylic acids is 1. The third-order valence-electron chi connectivity index (χ3n) is 3.38. The van der Waals surface area contributed by atoms with E-state index < -0.39 is 12.0 Å². The minimum atomic E-state index is -0.973. The number of hydrogen-bond acceptors (Lipinski definition) is 2. The number of amides is 1. The Morgan fingerprint density at radius 1 is 1.37 bits per heavy atom. The van der Waals surface area contributed by atoms with E-state index >= 15 is 0 Å². The van der Waals surface area contributed by atoms with Gasteiger partial charge in [0.15, 0.2) is 0 Å². The van der Waals surface area contributed by atoms with E-state index in [0.29, 0.717) is 18.7 Å². The first kappa shape index (κ1) is 14.2. The van der Waals surface area contributed by atoms with Gasteiger partial charge in [0, 0.05) is 13.6 Å². The van der Waals surface area contributed by atoms with E-state index in [0.717, 1.165) is 12.8 Å². The molecule has 1 aromatic heterocycles. The van der Waals surface area contributed by atoms with Crippen LogP contribution in [-0.2, 0) is 11.8 Å². The fourth-order valence-electron chi connectivity index (χ4n) is 2.33. The topological polar surface area (TPSA) is 62.5 Å². The van der Waals surface area contributed by atoms with Crippen molar-refractivity contribution in [3.63, 3.8) is 0 Å². The number of rotatable bonds is 2. The summed E-state index contributed by atoms with van der Waals surface area (Å²) in [6.07, 6.45) is 2.10. The number of carboxylic acid groups (broad SMARTS) is 1. The van der Waals surface area contributed by atoms with Crippen LogP contribution >= 0.6 is 23.2 Å². The first-order valence-corrected chi connectivity index (χ1v) is 6.73. The molecule has 1 fully saturated rings. The summed E-state index contributed by atoms with van der Waals surface area (Å²) in [5.41, 5.74) is 0.308. The van der Waals surface area contributed by atoms with E-state index in [9.17, 15) is 14.7 Å². The Morgan fingerprint density at radius 3 is 2.58 bits per heavy atom. The molecular weight excluding hydrogens is 291 g/mol. The zero-order valence-electron chi connectivity index (χ0n) is 10.4. The minimum Gasteiger partial charge on any atom is -0.480 e. The van der Waals surface area contributed by atoms with Crippen molar-refractivity contribution in [3.05, 3.63) is 21.9 Å². The van der Waals surface area contributed by atoms with Crippen molar-refractivity contribution in [2.24, 2.45) is 7.05 Å². The van der Waals surface area contributed by atoms with Gasteiger partial charge in [-0.1, -0.05) is 23.2 Å². The lowest BCUT2D eigenvalue weighted by atomic mass is 10.0. The molecule has 1 aromatic rings. The van der Waals surface area contributed by atoms with Crippen LogP contribution in [0, 0.1) is 0 Å². The van der Waals surface area contributed by atoms with E-state index in [-0.39, 0.29) is 16.1 Å². The quantitative estimate of drug-likeness (QED) is 0.912. The highest BCUT2D eigenvalue weighted by molar-refractivity contribution is 6.41. The SMILES string of the molecule is Cn1c(C(=O)N2CCCC[C@H]2C(=O)O)cc(Cl)c1Cl. The largest absolute Gasteiger partial charge is 0.480 e. The maximum absolute atomic E-state index is 12.4. The lowest BCUT2D eigenvalue weighted by Gasteiger charge is -2.32. The van der Waals surface area contributed by atoms with Crippen molar-refractivity contribution in [2.45, 2.75) is 25.3 Å². The summed E-state index contributed by atoms with van der Waals surface area (Å²) < 4.78 is 1.47. The summed E-state index contributed by atoms with van der Waals surface area (Å²) in [5, 5.41) is 9.74. The predicted molar refractivity (Wildman–Crippen MR) is 71.7 cm³/mol. The molecule has 2 rings (SSSR count). The van der Waals surface area contributed by atoms with Crippen molar-refractivity contribution in [1.29, 1.82) is 0 Å². The number of carboxylic acids is 1. The molecule has 0 radical (unpaired) electrons. The van der Waals surface area contributed by atoms with Gasteiger partial charge in [0.05, 0.1) is 5.02 Å². The van der Waals surface area contributed by atoms with Gasteiger partial charge in [0.1, 0.15) is 16.9 Å². The number of carbonyl (C=O) groups excluding carboxylic acids is 1. The molecule has 1 amide bonds. The highest BCUT2D eigenvalue weighted by atomic mass is 35.5. The average molecular weight is 305 g/mol. The molecule has 0 spiro atoms. The summed E-state index contributed by atoms with van der Waals surface area (Å²) in [6, 6.07) is 0.702. The summed E-state index contributed by atoms with van der Waals surface area (Å²) in [4.78, 5) is 25.0. The van der Waals surface area contributed by atoms with Crippen LogP contribution in [0.15, 0.2) is 6.07 Å². The van der Waals surface area contributed by atoms with Gasteiger partial charge in [0.25, 0.3) is 5.91 Å². The van der Waals surface area contributed by atoms with Gasteiger partial charge in [-0.2, -0.15) is 0 Å². The maximum atomic E-state index is 12.4. The van der Waals surface area contributed by atoms with Crippen molar-refractivity contribution in [1.82, 2.24) is 9.47 Å². The standard InChI is InChI=1S/C12H14Cl2N2O3/c1-15-9(6-7(13)10(15)14)11(17)16-5-3-2-4-8(16)12(18)19/h6,8H,2-5H2,1H3,(H,18,19)/t8-/m0/s1. The fraction of sp³-hybridized carbons (Fsp3) is 0.500. The summed E-state index contributed by atoms with van der Waals surface area (Å²) in [7, 11) is 1.63. The number of hydrogen-bond donors (Lipinski definition) is 1. The smallest absolute Gasteiger partial charge is 0.326 e. The van der Waals surface area contributed by atoms with Crippen molar-refractivity contribution in [2.75, 3.05) is 6.54 Å². The summed E-state index contributed by atoms with van der Waals surface area (Å²) in [5.74, 6) is -1.32. The van der Waals surface area contributed by atoms with E-state index in [4.69, 9.17) is 23.2 Å². The van der Waals surface area contributed by atoms with Crippen LogP contribution in [0.25, 0.3) is 0 Å². The average Bonchev–Trinajstić information content (AvgIpc) is 2.65. The van der Waals surface area contributed by atoms with Gasteiger partial charge in [0.2, 0.25) is 0 Å². The number of aromatic nitrogens is 1. The first-order valence-electron chi connectivity index (χ1n) is 5.98. The molecule has 0 aromatic carbocycles. The Bertz CT molecular complexity index is 527. The Morgan fingerprint density at radius 2 is 2.05 bits per heavy atom. The van der Waals surface area contributed by atoms with Gasteiger partial charge in [-0.25, -0.2) is 4.79 Å². The molecule has 5 nitrogen and oxygen atoms in total. The molecule has 0 aliphatic carbocycles. The number of nitrogens with zero attached hydrogens (tertiary/aromatic N) is 2. The first-order chi connectivity index (χ1) is 8.93. The zero-order valence-corrected chi connectivity index (χ0v) is 11.9. The molecule has 0 unspecified atom stereocenters. The highest BCUT2D eigenvalue weighted by Crippen LogP contribution is 2.27. The van der Waals surface area contributed by atoms with Gasteiger partial charge in [-0.15, -0.1) is 0 Å². The third kappa shape index (κ3) is 2.58. The monoisotopic (exact) mass is 304 g/mol. The van der Waals surface area contributed by atoms with Crippen molar-refractivity contribution < 1.29 is 14.7 Å². The van der Waals surface area contributed by atoms with Crippen LogP contribution in [0.2, 0.25) is 10.2 Å². The van der Waals surface area contributed by atoms with Gasteiger partial charge in [-0.05, 0) is 25.3 Å². The Balaban J connectivity index is 2.31. The van der Waals surface area contributed by atoms with Gasteiger partial charge >= 0.3 is 5.97 Å². The number of carbonyl (C=O) groups is 2. The Hall–Kier alpha value is -1.20. The molecule has 2 heterocycles. The Labute approximate surface area is 120 Å². The fourth-order valence-corrected chi connectivity index (χ4v) is 2.70. The van der Waals surface area contributed by atoms with Gasteiger partial charge < -0.3 is 14.6 Å². The second kappa shape index (κ2) is 5.43. The molecule has 1 N–H and O–H groups in total. The Kier molecular flexibility index (Phi) is 4.06. The number of piperidine rings is 1. The zero-order chi connectivity index (χ0) is 14.2. The molecular formula is C12H14Cl2N2O3. The molecule has 1 aliphatic rings. The molecule has 19 heavy (non-hydrogen) atoms. The van der Waals surface area contributed by atoms with E-state index in [1.54, 1.807) is 7.05 Å². The van der Waals surface area contributed by atoms with E-state index in [1.165, 1.54) is 15.5 Å². The summed E-state index contributed by atoms with van der Waals surface area (Å²) >= 11 is 11.8. The second-order valence-electron chi connectivity index (χ2n) is 4.58. The molecule has 7 heteroatoms. The third-order valence-corrected chi connectivity index (χ3v) is 4.23. The van der Waals surface area contributed by atoms with E-state index in [1.807, 2.05) is 0 Å². The van der Waals surface area contributed by atoms with Crippen LogP contribution < -0.4 is 0 Å². The number of likely N-dealkylation sites (tertiary alicyclic amines) is 1. The van der Waals surface area contributed by atoms with Crippen molar-refractivity contribution in [3.8, 4) is 0 Å². The highest BCUT2D eigenvalue weighted by Gasteiger charge is 2.33. The van der Waals surface area contributed by atoms with E-state index in [2.05, 4.69) is 0 Å². The van der Waals surface area contributed by atoms with Crippen LogP contribution in [0.4, 0.5) is 0 Å². The number of halogens is 2. The van der Waals surface area contributed by atoms with Crippen LogP contribution in [0.5, 0.6) is 0 Å². The minimum absolute atomic E-state index is 0.272. The lowest BCUT2D eigenvalue weighted by molar-refractivity contribution is -0.143. The lowest BCUT2D eigenvalue weighted by Crippen LogP contribution is -2.48. The van der Waals surface area contributed by atoms with Crippen LogP contribution in [-0.4, -0.2) is 39.0 Å². The molecule has 1 aliphatic heterocycles. The van der Waals surface area contributed by atoms with Crippen LogP contribution in [0.3, 0.4) is 0 Å². The molecule has 0 saturated carbocycles. The molecule has 1 atom stereocenters. The summed E-state index contributed by atoms with van der Waals surface area (Å²) in [6.45, 7) is 0.441. The maximum Gasteiger partial charge on any atom is 0.326 e. The second-order valence-corrected chi connectivity index (χ2v) is 5.34. The molecule has 1 saturated heterocycles. The molecule has 0 bridgehead atoms. The van der Waals surface area contributed by atoms with Gasteiger partial charge in [-0.3, -0.25) is 4.79 Å². The molecule has 104 valence electrons. The van der Waals surface area contributed by atoms with Crippen LogP contribution in [0.1, 0.15) is 29.8 Å². The normalized spacial score (nSPS) is 19.5.